The zero-order chi connectivity index (χ0) is 47.3. The average Bonchev–Trinajstić information content (AvgIpc) is 3.98. The van der Waals surface area contributed by atoms with Crippen molar-refractivity contribution in [2.75, 3.05) is 16.5 Å². The van der Waals surface area contributed by atoms with Crippen molar-refractivity contribution in [2.24, 2.45) is 0 Å². The molecule has 3 aromatic heterocycles. The SMILES string of the molecule is CC(C)(C)c1cc(N2CN(c3cccc(Oc4ccc5c6cc(-n7c8ccccc8c8cc(C#N)ccc87)ccc6n(-c6cc(C(C)(C)C)ccn6)c5c4)c3)c3ccccc32)cc(C(C)(C)C)c1. The third kappa shape index (κ3) is 7.32. The van der Waals surface area contributed by atoms with E-state index in [0.717, 1.165) is 78.0 Å². The summed E-state index contributed by atoms with van der Waals surface area (Å²) < 4.78 is 11.4. The van der Waals surface area contributed by atoms with Gasteiger partial charge in [0.05, 0.1) is 45.1 Å². The van der Waals surface area contributed by atoms with Crippen molar-refractivity contribution in [1.29, 1.82) is 5.26 Å². The van der Waals surface area contributed by atoms with Crippen LogP contribution in [0.5, 0.6) is 11.5 Å². The Morgan fingerprint density at radius 2 is 1.07 bits per heavy atom. The van der Waals surface area contributed by atoms with E-state index in [4.69, 9.17) is 9.72 Å². The number of para-hydroxylation sites is 3. The molecule has 0 spiro atoms. The summed E-state index contributed by atoms with van der Waals surface area (Å²) in [6.07, 6.45) is 1.92. The first-order chi connectivity index (χ1) is 32.5. The molecule has 0 aliphatic carbocycles. The van der Waals surface area contributed by atoms with Crippen LogP contribution in [0.25, 0.3) is 55.1 Å². The van der Waals surface area contributed by atoms with Crippen LogP contribution in [-0.4, -0.2) is 20.8 Å². The van der Waals surface area contributed by atoms with Gasteiger partial charge in [-0.3, -0.25) is 4.57 Å². The Bertz CT molecular complexity index is 3640. The predicted molar refractivity (Wildman–Crippen MR) is 282 cm³/mol. The molecule has 7 heteroatoms. The van der Waals surface area contributed by atoms with Gasteiger partial charge in [0.25, 0.3) is 0 Å². The lowest BCUT2D eigenvalue weighted by Crippen LogP contribution is -2.25. The number of hydrogen-bond donors (Lipinski definition) is 0. The molecule has 0 radical (unpaired) electrons. The molecule has 1 aliphatic rings. The summed E-state index contributed by atoms with van der Waals surface area (Å²) >= 11 is 0. The van der Waals surface area contributed by atoms with E-state index in [1.54, 1.807) is 0 Å². The van der Waals surface area contributed by atoms with Gasteiger partial charge in [-0.25, -0.2) is 4.98 Å². The van der Waals surface area contributed by atoms with E-state index in [-0.39, 0.29) is 16.2 Å². The van der Waals surface area contributed by atoms with Gasteiger partial charge >= 0.3 is 0 Å². The fraction of sp³-hybridized carbons (Fsp3) is 0.213. The Morgan fingerprint density at radius 1 is 0.456 bits per heavy atom. The largest absolute Gasteiger partial charge is 0.457 e. The first-order valence-electron chi connectivity index (χ1n) is 23.6. The minimum Gasteiger partial charge on any atom is -0.457 e. The van der Waals surface area contributed by atoms with E-state index in [0.29, 0.717) is 12.2 Å². The van der Waals surface area contributed by atoms with E-state index in [1.165, 1.54) is 28.1 Å². The maximum atomic E-state index is 9.78. The Kier molecular flexibility index (Phi) is 9.84. The molecule has 0 bridgehead atoms. The molecule has 11 rings (SSSR count). The Morgan fingerprint density at radius 3 is 1.79 bits per heavy atom. The van der Waals surface area contributed by atoms with E-state index >= 15 is 0 Å². The second-order valence-electron chi connectivity index (χ2n) is 21.4. The molecule has 0 saturated carbocycles. The lowest BCUT2D eigenvalue weighted by Gasteiger charge is -2.29. The van der Waals surface area contributed by atoms with E-state index in [2.05, 4.69) is 227 Å². The first-order valence-corrected chi connectivity index (χ1v) is 23.6. The maximum absolute atomic E-state index is 9.78. The molecule has 0 saturated heterocycles. The molecule has 7 nitrogen and oxygen atoms in total. The van der Waals surface area contributed by atoms with Gasteiger partial charge < -0.3 is 19.1 Å². The predicted octanol–water partition coefficient (Wildman–Crippen LogP) is 16.1. The summed E-state index contributed by atoms with van der Waals surface area (Å²) in [7, 11) is 0. The average molecular weight is 889 g/mol. The van der Waals surface area contributed by atoms with Gasteiger partial charge in [0.15, 0.2) is 0 Å². The molecular weight excluding hydrogens is 833 g/mol. The van der Waals surface area contributed by atoms with Gasteiger partial charge in [0.2, 0.25) is 0 Å². The number of anilines is 4. The molecule has 0 N–H and O–H groups in total. The smallest absolute Gasteiger partial charge is 0.137 e. The van der Waals surface area contributed by atoms with Crippen LogP contribution in [0.2, 0.25) is 0 Å². The van der Waals surface area contributed by atoms with Crippen molar-refractivity contribution in [3.63, 3.8) is 0 Å². The highest BCUT2D eigenvalue weighted by Crippen LogP contribution is 2.47. The van der Waals surface area contributed by atoms with E-state index < -0.39 is 0 Å². The van der Waals surface area contributed by atoms with Crippen LogP contribution < -0.4 is 14.5 Å². The zero-order valence-corrected chi connectivity index (χ0v) is 40.4. The van der Waals surface area contributed by atoms with Crippen molar-refractivity contribution in [3.8, 4) is 29.1 Å². The number of pyridine rings is 1. The molecule has 0 unspecified atom stereocenters. The molecule has 68 heavy (non-hydrogen) atoms. The van der Waals surface area contributed by atoms with Crippen LogP contribution >= 0.6 is 0 Å². The molecule has 7 aromatic carbocycles. The Labute approximate surface area is 399 Å². The number of ether oxygens (including phenoxy) is 1. The second kappa shape index (κ2) is 15.6. The number of benzene rings is 7. The fourth-order valence-electron chi connectivity index (χ4n) is 9.91. The third-order valence-electron chi connectivity index (χ3n) is 13.7. The minimum absolute atomic E-state index is 0.00610. The number of fused-ring (bicyclic) bond motifs is 7. The minimum atomic E-state index is -0.0659. The van der Waals surface area contributed by atoms with E-state index in [1.807, 2.05) is 24.4 Å². The highest BCUT2D eigenvalue weighted by Gasteiger charge is 2.31. The number of rotatable bonds is 6. The van der Waals surface area contributed by atoms with E-state index in [9.17, 15) is 5.26 Å². The quantitative estimate of drug-likeness (QED) is 0.166. The van der Waals surface area contributed by atoms with Crippen molar-refractivity contribution >= 4 is 66.4 Å². The first kappa shape index (κ1) is 42.8. The topological polar surface area (TPSA) is 62.2 Å². The monoisotopic (exact) mass is 888 g/mol. The van der Waals surface area contributed by atoms with Crippen molar-refractivity contribution in [3.05, 3.63) is 186 Å². The Balaban J connectivity index is 1.000. The van der Waals surface area contributed by atoms with Gasteiger partial charge in [0.1, 0.15) is 24.0 Å². The highest BCUT2D eigenvalue weighted by atomic mass is 16.5. The van der Waals surface area contributed by atoms with Gasteiger partial charge in [-0.15, -0.1) is 0 Å². The lowest BCUT2D eigenvalue weighted by molar-refractivity contribution is 0.483. The molecule has 4 heterocycles. The van der Waals surface area contributed by atoms with Gasteiger partial charge in [-0.1, -0.05) is 105 Å². The highest BCUT2D eigenvalue weighted by molar-refractivity contribution is 6.12. The maximum Gasteiger partial charge on any atom is 0.137 e. The van der Waals surface area contributed by atoms with Crippen LogP contribution in [0, 0.1) is 11.3 Å². The summed E-state index contributed by atoms with van der Waals surface area (Å²) in [5, 5.41) is 14.2. The number of nitriles is 1. The van der Waals surface area contributed by atoms with Crippen LogP contribution in [0.3, 0.4) is 0 Å². The molecule has 10 aromatic rings. The molecule has 0 atom stereocenters. The van der Waals surface area contributed by atoms with Crippen LogP contribution in [0.1, 0.15) is 84.6 Å². The third-order valence-corrected chi connectivity index (χ3v) is 13.7. The molecular formula is C61H56N6O. The van der Waals surface area contributed by atoms with Crippen LogP contribution in [0.4, 0.5) is 22.7 Å². The molecule has 336 valence electrons. The van der Waals surface area contributed by atoms with Gasteiger partial charge in [-0.05, 0) is 136 Å². The zero-order valence-electron chi connectivity index (χ0n) is 40.4. The number of aromatic nitrogens is 3. The van der Waals surface area contributed by atoms with Gasteiger partial charge in [-0.2, -0.15) is 5.26 Å². The van der Waals surface area contributed by atoms with Crippen LogP contribution in [0.15, 0.2) is 164 Å². The molecule has 1 aliphatic heterocycles. The lowest BCUT2D eigenvalue weighted by atomic mass is 9.80. The normalized spacial score (nSPS) is 13.2. The second-order valence-corrected chi connectivity index (χ2v) is 21.4. The molecule has 0 fully saturated rings. The summed E-state index contributed by atoms with van der Waals surface area (Å²) in [6, 6.07) is 58.4. The summed E-state index contributed by atoms with van der Waals surface area (Å²) in [5.41, 5.74) is 14.3. The van der Waals surface area contributed by atoms with Crippen molar-refractivity contribution < 1.29 is 4.74 Å². The summed E-state index contributed by atoms with van der Waals surface area (Å²) in [4.78, 5) is 9.82. The van der Waals surface area contributed by atoms with Crippen LogP contribution in [-0.2, 0) is 16.2 Å². The van der Waals surface area contributed by atoms with Crippen molar-refractivity contribution in [1.82, 2.24) is 14.1 Å². The number of nitrogens with zero attached hydrogens (tertiary/aromatic N) is 6. The summed E-state index contributed by atoms with van der Waals surface area (Å²) in [6.45, 7) is 21.2. The summed E-state index contributed by atoms with van der Waals surface area (Å²) in [5.74, 6) is 2.34. The fourth-order valence-corrected chi connectivity index (χ4v) is 9.91. The Hall–Kier alpha value is -7.82. The standard InChI is InChI=1S/C61H56N6O/c1-59(2,3)40-27-28-63-58(33-40)67-54-26-22-44(66-52-18-11-10-17-48(52)50-29-39(37-62)21-25-53(50)66)35-51(54)49-24-23-47(36-57(49)67)68-46-16-14-15-43(34-46)64-38-65(56-20-13-12-19-55(56)64)45-31-41(60(4,5)6)30-42(32-45)61(7,8)9/h10-36H,38H2,1-9H3. The van der Waals surface area contributed by atoms with Gasteiger partial charge in [0, 0.05) is 56.9 Å². The number of hydrogen-bond acceptors (Lipinski definition) is 5. The van der Waals surface area contributed by atoms with Crippen molar-refractivity contribution in [2.45, 2.75) is 78.6 Å². The molecule has 0 amide bonds.